The molecule has 0 spiro atoms. The van der Waals surface area contributed by atoms with E-state index in [1.54, 1.807) is 12.1 Å². The lowest BCUT2D eigenvalue weighted by Crippen LogP contribution is -2.11. The predicted molar refractivity (Wildman–Crippen MR) is 53.0 cm³/mol. The van der Waals surface area contributed by atoms with Crippen molar-refractivity contribution in [3.63, 3.8) is 0 Å². The fourth-order valence-electron chi connectivity index (χ4n) is 1.22. The van der Waals surface area contributed by atoms with Gasteiger partial charge in [0.25, 0.3) is 0 Å². The van der Waals surface area contributed by atoms with Gasteiger partial charge in [-0.1, -0.05) is 25.6 Å². The highest BCUT2D eigenvalue weighted by atomic mass is 28.1. The molecule has 0 aliphatic heterocycles. The molecule has 0 unspecified atom stereocenters. The largest absolute Gasteiger partial charge is 0.508 e. The fourth-order valence-corrected chi connectivity index (χ4v) is 1.63. The Labute approximate surface area is 76.2 Å². The summed E-state index contributed by atoms with van der Waals surface area (Å²) in [5.74, 6) is 0.286. The molecule has 0 saturated carbocycles. The van der Waals surface area contributed by atoms with Crippen LogP contribution in [0.5, 0.6) is 5.75 Å². The van der Waals surface area contributed by atoms with Crippen molar-refractivity contribution < 1.29 is 5.11 Å². The van der Waals surface area contributed by atoms with E-state index in [0.717, 1.165) is 22.7 Å². The van der Waals surface area contributed by atoms with Gasteiger partial charge in [0.1, 0.15) is 5.75 Å². The Balaban J connectivity index is 3.35. The third-order valence-corrected chi connectivity index (χ3v) is 2.46. The molecule has 1 nitrogen and oxygen atoms in total. The highest BCUT2D eigenvalue weighted by molar-refractivity contribution is 6.35. The number of hydrogen-bond acceptors (Lipinski definition) is 1. The summed E-state index contributed by atoms with van der Waals surface area (Å²) in [6, 6.07) is 3.53. The summed E-state index contributed by atoms with van der Waals surface area (Å²) in [6.45, 7) is 5.75. The van der Waals surface area contributed by atoms with Gasteiger partial charge >= 0.3 is 0 Å². The van der Waals surface area contributed by atoms with Crippen LogP contribution in [-0.4, -0.2) is 15.3 Å². The van der Waals surface area contributed by atoms with Crippen molar-refractivity contribution in [1.82, 2.24) is 0 Å². The molecule has 12 heavy (non-hydrogen) atoms. The molecule has 0 aromatic heterocycles. The van der Waals surface area contributed by atoms with Gasteiger partial charge in [0.05, 0.1) is 10.2 Å². The minimum Gasteiger partial charge on any atom is -0.508 e. The van der Waals surface area contributed by atoms with Gasteiger partial charge in [-0.05, 0) is 28.8 Å². The highest BCUT2D eigenvalue weighted by Gasteiger charge is 2.04. The zero-order valence-electron chi connectivity index (χ0n) is 7.09. The Kier molecular flexibility index (Phi) is 2.71. The van der Waals surface area contributed by atoms with Crippen LogP contribution in [0.15, 0.2) is 18.7 Å². The third-order valence-electron chi connectivity index (χ3n) is 1.90. The maximum atomic E-state index is 9.37. The summed E-state index contributed by atoms with van der Waals surface area (Å²) in [7, 11) is 3.39. The van der Waals surface area contributed by atoms with Crippen molar-refractivity contribution in [2.24, 2.45) is 0 Å². The van der Waals surface area contributed by atoms with Crippen LogP contribution < -0.4 is 5.19 Å². The smallest absolute Gasteiger partial charge is 0.114 e. The van der Waals surface area contributed by atoms with Crippen LogP contribution >= 0.6 is 0 Å². The van der Waals surface area contributed by atoms with Crippen molar-refractivity contribution >= 4 is 21.5 Å². The molecule has 0 aliphatic carbocycles. The Morgan fingerprint density at radius 2 is 2.25 bits per heavy atom. The first kappa shape index (κ1) is 9.07. The lowest BCUT2D eigenvalue weighted by atomic mass is 10.0. The van der Waals surface area contributed by atoms with Crippen LogP contribution in [0.3, 0.4) is 0 Å². The van der Waals surface area contributed by atoms with Gasteiger partial charge in [0.2, 0.25) is 0 Å². The molecule has 0 bridgehead atoms. The number of phenols is 1. The van der Waals surface area contributed by atoms with Crippen LogP contribution in [0.25, 0.3) is 6.08 Å². The zero-order valence-corrected chi connectivity index (χ0v) is 8.09. The van der Waals surface area contributed by atoms with Crippen molar-refractivity contribution in [1.29, 1.82) is 0 Å². The Bertz CT molecular complexity index is 305. The summed E-state index contributed by atoms with van der Waals surface area (Å²) in [6.07, 6.45) is 2.68. The molecule has 61 valence electrons. The molecule has 0 amide bonds. The molecule has 0 atom stereocenters. The topological polar surface area (TPSA) is 20.2 Å². The first-order valence-corrected chi connectivity index (χ1v) is 4.39. The van der Waals surface area contributed by atoms with Gasteiger partial charge in [-0.25, -0.2) is 0 Å². The van der Waals surface area contributed by atoms with Gasteiger partial charge in [-0.2, -0.15) is 0 Å². The molecular weight excluding hydrogens is 164 g/mol. The van der Waals surface area contributed by atoms with E-state index >= 15 is 0 Å². The fraction of sp³-hybridized carbons (Fsp3) is 0.200. The summed E-state index contributed by atoms with van der Waals surface area (Å²) in [5, 5.41) is 10.1. The monoisotopic (exact) mass is 175 g/mol. The zero-order chi connectivity index (χ0) is 9.14. The lowest BCUT2D eigenvalue weighted by Gasteiger charge is -2.08. The number of benzene rings is 1. The second kappa shape index (κ2) is 3.58. The Hall–Kier alpha value is -1.02. The second-order valence-corrected chi connectivity index (χ2v) is 3.09. The SMILES string of the molecule is C=Cc1ccc(O)c([Si])c1CC. The minimum atomic E-state index is 0.286. The van der Waals surface area contributed by atoms with Crippen LogP contribution in [-0.2, 0) is 6.42 Å². The van der Waals surface area contributed by atoms with Crippen LogP contribution in [0.1, 0.15) is 18.1 Å². The first-order valence-electron chi connectivity index (χ1n) is 3.89. The molecule has 0 fully saturated rings. The van der Waals surface area contributed by atoms with Crippen molar-refractivity contribution in [2.45, 2.75) is 13.3 Å². The number of rotatable bonds is 2. The second-order valence-electron chi connectivity index (χ2n) is 2.59. The van der Waals surface area contributed by atoms with E-state index in [1.165, 1.54) is 0 Å². The molecule has 2 heteroatoms. The van der Waals surface area contributed by atoms with Crippen LogP contribution in [0.4, 0.5) is 0 Å². The Morgan fingerprint density at radius 1 is 1.58 bits per heavy atom. The first-order chi connectivity index (χ1) is 5.70. The molecule has 0 aliphatic rings. The van der Waals surface area contributed by atoms with Gasteiger partial charge in [0.15, 0.2) is 0 Å². The van der Waals surface area contributed by atoms with Gasteiger partial charge < -0.3 is 5.11 Å². The van der Waals surface area contributed by atoms with E-state index < -0.39 is 0 Å². The normalized spacial score (nSPS) is 9.83. The van der Waals surface area contributed by atoms with E-state index in [2.05, 4.69) is 16.8 Å². The molecule has 1 aromatic carbocycles. The predicted octanol–water partition coefficient (Wildman–Crippen LogP) is 1.39. The summed E-state index contributed by atoms with van der Waals surface area (Å²) < 4.78 is 0. The third kappa shape index (κ3) is 1.43. The van der Waals surface area contributed by atoms with Crippen molar-refractivity contribution in [3.05, 3.63) is 29.8 Å². The van der Waals surface area contributed by atoms with Gasteiger partial charge in [-0.3, -0.25) is 0 Å². The molecule has 0 heterocycles. The standard InChI is InChI=1S/C10H11OSi/c1-3-7-5-6-9(11)10(12)8(7)4-2/h3,5-6,11H,1,4H2,2H3. The summed E-state index contributed by atoms with van der Waals surface area (Å²) in [4.78, 5) is 0. The quantitative estimate of drug-likeness (QED) is 0.673. The maximum Gasteiger partial charge on any atom is 0.114 e. The molecular formula is C10H11OSi. The average molecular weight is 175 g/mol. The number of hydrogen-bond donors (Lipinski definition) is 1. The lowest BCUT2D eigenvalue weighted by molar-refractivity contribution is 0.479. The number of phenolic OH excluding ortho intramolecular Hbond substituents is 1. The van der Waals surface area contributed by atoms with Crippen molar-refractivity contribution in [2.75, 3.05) is 0 Å². The molecule has 3 radical (unpaired) electrons. The van der Waals surface area contributed by atoms with E-state index in [0.29, 0.717) is 0 Å². The summed E-state index contributed by atoms with van der Waals surface area (Å²) in [5.41, 5.74) is 2.17. The highest BCUT2D eigenvalue weighted by Crippen LogP contribution is 2.14. The van der Waals surface area contributed by atoms with Gasteiger partial charge in [0, 0.05) is 0 Å². The van der Waals surface area contributed by atoms with Crippen LogP contribution in [0.2, 0.25) is 0 Å². The summed E-state index contributed by atoms with van der Waals surface area (Å²) >= 11 is 0. The van der Waals surface area contributed by atoms with E-state index in [9.17, 15) is 5.11 Å². The molecule has 1 rings (SSSR count). The maximum absolute atomic E-state index is 9.37. The van der Waals surface area contributed by atoms with E-state index in [1.807, 2.05) is 13.0 Å². The van der Waals surface area contributed by atoms with Crippen LogP contribution in [0, 0.1) is 0 Å². The average Bonchev–Trinajstić information content (AvgIpc) is 2.09. The Morgan fingerprint density at radius 3 is 2.75 bits per heavy atom. The number of aromatic hydroxyl groups is 1. The van der Waals surface area contributed by atoms with Crippen molar-refractivity contribution in [3.8, 4) is 5.75 Å². The van der Waals surface area contributed by atoms with E-state index in [4.69, 9.17) is 0 Å². The minimum absolute atomic E-state index is 0.286. The molecule has 1 N–H and O–H groups in total. The molecule has 0 saturated heterocycles. The van der Waals surface area contributed by atoms with E-state index in [-0.39, 0.29) is 5.75 Å². The molecule has 1 aromatic rings. The van der Waals surface area contributed by atoms with Gasteiger partial charge in [-0.15, -0.1) is 0 Å².